The highest BCUT2D eigenvalue weighted by Gasteiger charge is 2.17. The van der Waals surface area contributed by atoms with Gasteiger partial charge in [0.05, 0.1) is 17.3 Å². The molecule has 28 heavy (non-hydrogen) atoms. The third-order valence-electron chi connectivity index (χ3n) is 4.70. The Labute approximate surface area is 165 Å². The summed E-state index contributed by atoms with van der Waals surface area (Å²) >= 11 is 0. The van der Waals surface area contributed by atoms with E-state index in [1.807, 2.05) is 69.3 Å². The number of amides is 2. The Morgan fingerprint density at radius 2 is 1.46 bits per heavy atom. The van der Waals surface area contributed by atoms with Gasteiger partial charge in [0.1, 0.15) is 0 Å². The van der Waals surface area contributed by atoms with Crippen molar-refractivity contribution in [3.8, 4) is 0 Å². The number of hydrogen-bond acceptors (Lipinski definition) is 2. The number of hydrogen-bond donors (Lipinski definition) is 2. The van der Waals surface area contributed by atoms with Crippen LogP contribution in [-0.4, -0.2) is 11.8 Å². The standard InChI is InChI=1S/C24H24N2O2/c1-16-13-14-17(2)21(15-16)24(28)26-22-12-8-7-11-20(22)23(27)25-18(3)19-9-5-4-6-10-19/h4-15,18H,1-3H3,(H,25,27)(H,26,28). The maximum atomic E-state index is 12.8. The van der Waals surface area contributed by atoms with Crippen LogP contribution in [-0.2, 0) is 0 Å². The molecule has 3 aromatic carbocycles. The maximum absolute atomic E-state index is 12.8. The van der Waals surface area contributed by atoms with E-state index in [1.165, 1.54) is 0 Å². The monoisotopic (exact) mass is 372 g/mol. The first-order valence-corrected chi connectivity index (χ1v) is 9.29. The molecule has 0 fully saturated rings. The second-order valence-corrected chi connectivity index (χ2v) is 6.92. The van der Waals surface area contributed by atoms with Crippen LogP contribution in [0.25, 0.3) is 0 Å². The van der Waals surface area contributed by atoms with Crippen LogP contribution in [0.15, 0.2) is 72.8 Å². The maximum Gasteiger partial charge on any atom is 0.255 e. The van der Waals surface area contributed by atoms with Gasteiger partial charge in [0.25, 0.3) is 11.8 Å². The Kier molecular flexibility index (Phi) is 5.90. The molecule has 2 N–H and O–H groups in total. The van der Waals surface area contributed by atoms with Crippen molar-refractivity contribution in [3.63, 3.8) is 0 Å². The van der Waals surface area contributed by atoms with E-state index >= 15 is 0 Å². The minimum atomic E-state index is -0.229. The molecule has 0 saturated heterocycles. The van der Waals surface area contributed by atoms with Gasteiger partial charge in [-0.25, -0.2) is 0 Å². The molecule has 4 heteroatoms. The van der Waals surface area contributed by atoms with Crippen LogP contribution in [0.5, 0.6) is 0 Å². The van der Waals surface area contributed by atoms with Gasteiger partial charge in [0.2, 0.25) is 0 Å². The molecule has 0 aliphatic rings. The van der Waals surface area contributed by atoms with E-state index in [0.29, 0.717) is 16.8 Å². The number of benzene rings is 3. The molecule has 0 radical (unpaired) electrons. The van der Waals surface area contributed by atoms with Gasteiger partial charge in [-0.05, 0) is 50.1 Å². The third-order valence-corrected chi connectivity index (χ3v) is 4.70. The first kappa shape index (κ1) is 19.4. The molecule has 0 spiro atoms. The molecule has 0 aliphatic carbocycles. The Balaban J connectivity index is 1.80. The van der Waals surface area contributed by atoms with Crippen LogP contribution >= 0.6 is 0 Å². The molecule has 1 atom stereocenters. The average Bonchev–Trinajstić information content (AvgIpc) is 2.70. The Morgan fingerprint density at radius 3 is 2.21 bits per heavy atom. The molecule has 0 bridgehead atoms. The average molecular weight is 372 g/mol. The van der Waals surface area contributed by atoms with Gasteiger partial charge in [-0.1, -0.05) is 60.2 Å². The zero-order valence-corrected chi connectivity index (χ0v) is 16.3. The molecular formula is C24H24N2O2. The van der Waals surface area contributed by atoms with Crippen molar-refractivity contribution in [2.45, 2.75) is 26.8 Å². The summed E-state index contributed by atoms with van der Waals surface area (Å²) in [7, 11) is 0. The fourth-order valence-corrected chi connectivity index (χ4v) is 3.06. The van der Waals surface area contributed by atoms with Gasteiger partial charge in [-0.3, -0.25) is 9.59 Å². The van der Waals surface area contributed by atoms with Crippen molar-refractivity contribution in [3.05, 3.63) is 101 Å². The van der Waals surface area contributed by atoms with Crippen molar-refractivity contribution in [1.29, 1.82) is 0 Å². The molecule has 2 amide bonds. The summed E-state index contributed by atoms with van der Waals surface area (Å²) < 4.78 is 0. The SMILES string of the molecule is Cc1ccc(C)c(C(=O)Nc2ccccc2C(=O)NC(C)c2ccccc2)c1. The largest absolute Gasteiger partial charge is 0.345 e. The molecular weight excluding hydrogens is 348 g/mol. The Morgan fingerprint density at radius 1 is 0.786 bits per heavy atom. The highest BCUT2D eigenvalue weighted by molar-refractivity contribution is 6.09. The van der Waals surface area contributed by atoms with Crippen LogP contribution < -0.4 is 10.6 Å². The fourth-order valence-electron chi connectivity index (χ4n) is 3.06. The number of carbonyl (C=O) groups is 2. The van der Waals surface area contributed by atoms with E-state index in [-0.39, 0.29) is 17.9 Å². The molecule has 1 unspecified atom stereocenters. The molecule has 0 saturated carbocycles. The Hall–Kier alpha value is -3.40. The van der Waals surface area contributed by atoms with Gasteiger partial charge < -0.3 is 10.6 Å². The van der Waals surface area contributed by atoms with Crippen molar-refractivity contribution in [2.75, 3.05) is 5.32 Å². The van der Waals surface area contributed by atoms with Crippen LogP contribution in [0.2, 0.25) is 0 Å². The van der Waals surface area contributed by atoms with Gasteiger partial charge in [0, 0.05) is 5.56 Å². The molecule has 0 aliphatic heterocycles. The topological polar surface area (TPSA) is 58.2 Å². The summed E-state index contributed by atoms with van der Waals surface area (Å²) in [5, 5.41) is 5.89. The zero-order valence-electron chi connectivity index (χ0n) is 16.3. The normalized spacial score (nSPS) is 11.5. The lowest BCUT2D eigenvalue weighted by Crippen LogP contribution is -2.28. The lowest BCUT2D eigenvalue weighted by Gasteiger charge is -2.17. The quantitative estimate of drug-likeness (QED) is 0.659. The Bertz CT molecular complexity index is 996. The van der Waals surface area contributed by atoms with E-state index in [0.717, 1.165) is 16.7 Å². The lowest BCUT2D eigenvalue weighted by molar-refractivity contribution is 0.0941. The van der Waals surface area contributed by atoms with Crippen LogP contribution in [0.1, 0.15) is 50.4 Å². The van der Waals surface area contributed by atoms with Gasteiger partial charge in [0.15, 0.2) is 0 Å². The fraction of sp³-hybridized carbons (Fsp3) is 0.167. The van der Waals surface area contributed by atoms with Crippen molar-refractivity contribution < 1.29 is 9.59 Å². The molecule has 142 valence electrons. The number of para-hydroxylation sites is 1. The summed E-state index contributed by atoms with van der Waals surface area (Å²) in [6.45, 7) is 5.78. The van der Waals surface area contributed by atoms with Gasteiger partial charge in [-0.2, -0.15) is 0 Å². The second-order valence-electron chi connectivity index (χ2n) is 6.92. The minimum Gasteiger partial charge on any atom is -0.345 e. The number of rotatable bonds is 5. The van der Waals surface area contributed by atoms with Gasteiger partial charge >= 0.3 is 0 Å². The zero-order chi connectivity index (χ0) is 20.1. The highest BCUT2D eigenvalue weighted by Crippen LogP contribution is 2.20. The van der Waals surface area contributed by atoms with Crippen molar-refractivity contribution in [1.82, 2.24) is 5.32 Å². The molecule has 0 aromatic heterocycles. The van der Waals surface area contributed by atoms with Gasteiger partial charge in [-0.15, -0.1) is 0 Å². The predicted octanol–water partition coefficient (Wildman–Crippen LogP) is 5.05. The number of anilines is 1. The summed E-state index contributed by atoms with van der Waals surface area (Å²) in [5.41, 5.74) is 4.46. The van der Waals surface area contributed by atoms with Crippen LogP contribution in [0.3, 0.4) is 0 Å². The van der Waals surface area contributed by atoms with E-state index in [9.17, 15) is 9.59 Å². The van der Waals surface area contributed by atoms with Crippen LogP contribution in [0.4, 0.5) is 5.69 Å². The highest BCUT2D eigenvalue weighted by atomic mass is 16.2. The number of carbonyl (C=O) groups excluding carboxylic acids is 2. The summed E-state index contributed by atoms with van der Waals surface area (Å²) in [6, 6.07) is 22.4. The first-order valence-electron chi connectivity index (χ1n) is 9.29. The van der Waals surface area contributed by atoms with E-state index in [4.69, 9.17) is 0 Å². The summed E-state index contributed by atoms with van der Waals surface area (Å²) in [4.78, 5) is 25.6. The van der Waals surface area contributed by atoms with E-state index < -0.39 is 0 Å². The smallest absolute Gasteiger partial charge is 0.255 e. The number of nitrogens with one attached hydrogen (secondary N) is 2. The van der Waals surface area contributed by atoms with Crippen molar-refractivity contribution >= 4 is 17.5 Å². The molecule has 4 nitrogen and oxygen atoms in total. The minimum absolute atomic E-state index is 0.142. The molecule has 3 rings (SSSR count). The van der Waals surface area contributed by atoms with E-state index in [2.05, 4.69) is 10.6 Å². The predicted molar refractivity (Wildman–Crippen MR) is 113 cm³/mol. The first-order chi connectivity index (χ1) is 13.5. The van der Waals surface area contributed by atoms with Crippen LogP contribution in [0, 0.1) is 13.8 Å². The molecule has 0 heterocycles. The lowest BCUT2D eigenvalue weighted by atomic mass is 10.0. The molecule has 3 aromatic rings. The van der Waals surface area contributed by atoms with E-state index in [1.54, 1.807) is 24.3 Å². The number of aryl methyl sites for hydroxylation is 2. The summed E-state index contributed by atoms with van der Waals surface area (Å²) in [6.07, 6.45) is 0. The summed E-state index contributed by atoms with van der Waals surface area (Å²) in [5.74, 6) is -0.453. The second kappa shape index (κ2) is 8.53. The third kappa shape index (κ3) is 4.46. The van der Waals surface area contributed by atoms with Crippen molar-refractivity contribution in [2.24, 2.45) is 0 Å².